The molecule has 0 aliphatic carbocycles. The van der Waals surface area contributed by atoms with Crippen LogP contribution < -0.4 is 21.3 Å². The molecule has 0 aliphatic rings. The van der Waals surface area contributed by atoms with E-state index in [1.807, 2.05) is 0 Å². The summed E-state index contributed by atoms with van der Waals surface area (Å²) in [7, 11) is 0. The summed E-state index contributed by atoms with van der Waals surface area (Å²) in [6, 6.07) is 4.69. The number of aromatic nitrogens is 4. The van der Waals surface area contributed by atoms with E-state index in [0.29, 0.717) is 23.6 Å². The van der Waals surface area contributed by atoms with Crippen LogP contribution in [0.4, 0.5) is 27.7 Å². The van der Waals surface area contributed by atoms with Gasteiger partial charge in [0.2, 0.25) is 5.28 Å². The average molecular weight is 413 g/mol. The van der Waals surface area contributed by atoms with Crippen molar-refractivity contribution in [3.8, 4) is 0 Å². The highest BCUT2D eigenvalue weighted by Gasteiger charge is 2.15. The van der Waals surface area contributed by atoms with Crippen molar-refractivity contribution in [1.29, 1.82) is 0 Å². The number of nitrogens with one attached hydrogen (secondary N) is 4. The molecule has 4 N–H and O–H groups in total. The molecule has 0 aromatic carbocycles. The van der Waals surface area contributed by atoms with Gasteiger partial charge in [0.15, 0.2) is 0 Å². The predicted octanol–water partition coefficient (Wildman–Crippen LogP) is 3.06. The highest BCUT2D eigenvalue weighted by Crippen LogP contribution is 2.24. The second-order valence-corrected chi connectivity index (χ2v) is 6.00. The maximum Gasteiger partial charge on any atom is 0.320 e. The average Bonchev–Trinajstić information content (AvgIpc) is 2.71. The lowest BCUT2D eigenvalue weighted by Gasteiger charge is -2.14. The van der Waals surface area contributed by atoms with E-state index in [9.17, 15) is 9.59 Å². The Kier molecular flexibility index (Phi) is 6.48. The molecule has 0 unspecified atom stereocenters. The number of hydrogen-bond acceptors (Lipinski definition) is 7. The summed E-state index contributed by atoms with van der Waals surface area (Å²) in [5, 5.41) is 11.1. The SMILES string of the molecule is CCNC(=O)Nc1cc(Nc2cccnc2)c(C(=O)Nc2cnc(Cl)nc2)cn1. The van der Waals surface area contributed by atoms with E-state index >= 15 is 0 Å². The zero-order valence-electron chi connectivity index (χ0n) is 15.3. The first-order valence-electron chi connectivity index (χ1n) is 8.56. The van der Waals surface area contributed by atoms with Crippen LogP contribution in [0.25, 0.3) is 0 Å². The van der Waals surface area contributed by atoms with Gasteiger partial charge in [-0.25, -0.2) is 19.7 Å². The summed E-state index contributed by atoms with van der Waals surface area (Å²) in [6.07, 6.45) is 7.37. The number of halogens is 1. The van der Waals surface area contributed by atoms with Gasteiger partial charge < -0.3 is 16.0 Å². The fraction of sp³-hybridized carbons (Fsp3) is 0.111. The van der Waals surface area contributed by atoms with Crippen molar-refractivity contribution < 1.29 is 9.59 Å². The molecule has 0 aliphatic heterocycles. The Morgan fingerprint density at radius 1 is 1.03 bits per heavy atom. The minimum Gasteiger partial charge on any atom is -0.353 e. The van der Waals surface area contributed by atoms with Gasteiger partial charge in [-0.2, -0.15) is 0 Å². The van der Waals surface area contributed by atoms with Crippen molar-refractivity contribution in [2.75, 3.05) is 22.5 Å². The molecule has 11 heteroatoms. The summed E-state index contributed by atoms with van der Waals surface area (Å²) in [5.41, 5.74) is 1.69. The maximum atomic E-state index is 12.8. The van der Waals surface area contributed by atoms with Gasteiger partial charge in [0.1, 0.15) is 5.82 Å². The van der Waals surface area contributed by atoms with E-state index < -0.39 is 11.9 Å². The van der Waals surface area contributed by atoms with Gasteiger partial charge in [0, 0.05) is 25.0 Å². The van der Waals surface area contributed by atoms with E-state index in [-0.39, 0.29) is 16.7 Å². The van der Waals surface area contributed by atoms with Crippen LogP contribution in [0.5, 0.6) is 0 Å². The molecule has 3 aromatic rings. The molecule has 29 heavy (non-hydrogen) atoms. The third kappa shape index (κ3) is 5.59. The first-order valence-corrected chi connectivity index (χ1v) is 8.94. The van der Waals surface area contributed by atoms with Gasteiger partial charge in [-0.15, -0.1) is 0 Å². The second kappa shape index (κ2) is 9.42. The molecule has 3 rings (SSSR count). The van der Waals surface area contributed by atoms with Crippen LogP contribution in [-0.4, -0.2) is 38.4 Å². The highest BCUT2D eigenvalue weighted by molar-refractivity contribution is 6.28. The molecule has 0 saturated heterocycles. The van der Waals surface area contributed by atoms with Gasteiger partial charge in [-0.3, -0.25) is 15.1 Å². The van der Waals surface area contributed by atoms with E-state index in [4.69, 9.17) is 11.6 Å². The molecule has 3 amide bonds. The monoisotopic (exact) mass is 412 g/mol. The summed E-state index contributed by atoms with van der Waals surface area (Å²) < 4.78 is 0. The van der Waals surface area contributed by atoms with E-state index in [1.54, 1.807) is 37.5 Å². The molecular formula is C18H17ClN8O2. The second-order valence-electron chi connectivity index (χ2n) is 5.66. The Hall–Kier alpha value is -3.79. The van der Waals surface area contributed by atoms with Crippen molar-refractivity contribution in [2.24, 2.45) is 0 Å². The molecule has 0 saturated carbocycles. The molecule has 3 heterocycles. The Morgan fingerprint density at radius 2 is 1.83 bits per heavy atom. The number of pyridine rings is 2. The summed E-state index contributed by atoms with van der Waals surface area (Å²) >= 11 is 5.66. The highest BCUT2D eigenvalue weighted by atomic mass is 35.5. The van der Waals surface area contributed by atoms with Crippen molar-refractivity contribution in [3.63, 3.8) is 0 Å². The zero-order chi connectivity index (χ0) is 20.6. The lowest BCUT2D eigenvalue weighted by molar-refractivity contribution is 0.102. The van der Waals surface area contributed by atoms with E-state index in [2.05, 4.69) is 41.2 Å². The normalized spacial score (nSPS) is 10.1. The number of amides is 3. The topological polar surface area (TPSA) is 134 Å². The number of nitrogens with zero attached hydrogens (tertiary/aromatic N) is 4. The number of rotatable bonds is 6. The Morgan fingerprint density at radius 3 is 2.52 bits per heavy atom. The third-order valence-corrected chi connectivity index (χ3v) is 3.74. The zero-order valence-corrected chi connectivity index (χ0v) is 16.1. The van der Waals surface area contributed by atoms with Crippen LogP contribution in [0, 0.1) is 0 Å². The minimum absolute atomic E-state index is 0.0735. The molecule has 0 radical (unpaired) electrons. The van der Waals surface area contributed by atoms with Crippen LogP contribution >= 0.6 is 11.6 Å². The third-order valence-electron chi connectivity index (χ3n) is 3.55. The van der Waals surface area contributed by atoms with Crippen LogP contribution in [-0.2, 0) is 0 Å². The van der Waals surface area contributed by atoms with Crippen LogP contribution in [0.15, 0.2) is 49.2 Å². The molecule has 0 bridgehead atoms. The first kappa shape index (κ1) is 20.0. The van der Waals surface area contributed by atoms with Crippen molar-refractivity contribution in [3.05, 3.63) is 60.0 Å². The molecule has 10 nitrogen and oxygen atoms in total. The predicted molar refractivity (Wildman–Crippen MR) is 109 cm³/mol. The summed E-state index contributed by atoms with van der Waals surface area (Å²) in [6.45, 7) is 2.27. The maximum absolute atomic E-state index is 12.8. The van der Waals surface area contributed by atoms with Gasteiger partial charge in [0.05, 0.1) is 41.2 Å². The number of carbonyl (C=O) groups excluding carboxylic acids is 2. The molecule has 148 valence electrons. The van der Waals surface area contributed by atoms with Crippen molar-refractivity contribution in [2.45, 2.75) is 6.92 Å². The quantitative estimate of drug-likeness (QED) is 0.457. The van der Waals surface area contributed by atoms with Crippen LogP contribution in [0.1, 0.15) is 17.3 Å². The fourth-order valence-corrected chi connectivity index (χ4v) is 2.39. The first-order chi connectivity index (χ1) is 14.0. The molecular weight excluding hydrogens is 396 g/mol. The molecule has 3 aromatic heterocycles. The molecule has 0 atom stereocenters. The summed E-state index contributed by atoms with van der Waals surface area (Å²) in [4.78, 5) is 40.4. The van der Waals surface area contributed by atoms with Crippen molar-refractivity contribution in [1.82, 2.24) is 25.3 Å². The number of carbonyl (C=O) groups is 2. The summed E-state index contributed by atoms with van der Waals surface area (Å²) in [5.74, 6) is -0.173. The number of hydrogen-bond donors (Lipinski definition) is 4. The van der Waals surface area contributed by atoms with Gasteiger partial charge in [-0.05, 0) is 30.7 Å². The fourth-order valence-electron chi connectivity index (χ4n) is 2.30. The van der Waals surface area contributed by atoms with Gasteiger partial charge >= 0.3 is 6.03 Å². The Balaban J connectivity index is 1.88. The van der Waals surface area contributed by atoms with Crippen molar-refractivity contribution >= 4 is 46.4 Å². The standard InChI is InChI=1S/C18H17ClN8O2/c1-2-21-18(29)27-15-6-14(25-11-4-3-5-20-7-11)13(10-22-15)16(28)26-12-8-23-17(19)24-9-12/h3-10H,2H2,1H3,(H,26,28)(H3,21,22,25,27,29). The molecule has 0 fully saturated rings. The van der Waals surface area contributed by atoms with Gasteiger partial charge in [-0.1, -0.05) is 0 Å². The number of urea groups is 1. The number of anilines is 4. The Labute approximate surface area is 171 Å². The minimum atomic E-state index is -0.445. The van der Waals surface area contributed by atoms with Gasteiger partial charge in [0.25, 0.3) is 5.91 Å². The Bertz CT molecular complexity index is 999. The molecule has 0 spiro atoms. The lowest BCUT2D eigenvalue weighted by atomic mass is 10.2. The smallest absolute Gasteiger partial charge is 0.320 e. The van der Waals surface area contributed by atoms with Crippen LogP contribution in [0.2, 0.25) is 5.28 Å². The van der Waals surface area contributed by atoms with E-state index in [0.717, 1.165) is 0 Å². The van der Waals surface area contributed by atoms with E-state index in [1.165, 1.54) is 18.6 Å². The largest absolute Gasteiger partial charge is 0.353 e. The van der Waals surface area contributed by atoms with Crippen LogP contribution in [0.3, 0.4) is 0 Å². The lowest BCUT2D eigenvalue weighted by Crippen LogP contribution is -2.28.